The second-order valence-corrected chi connectivity index (χ2v) is 7.10. The monoisotopic (exact) mass is 353 g/mol. The van der Waals surface area contributed by atoms with Gasteiger partial charge in [0.25, 0.3) is 0 Å². The number of aromatic nitrogens is 3. The number of amides is 1. The summed E-state index contributed by atoms with van der Waals surface area (Å²) in [6.45, 7) is 1.92. The molecule has 1 aliphatic heterocycles. The zero-order valence-corrected chi connectivity index (χ0v) is 14.8. The lowest BCUT2D eigenvalue weighted by atomic mass is 9.96. The van der Waals surface area contributed by atoms with Gasteiger partial charge in [-0.3, -0.25) is 4.79 Å². The molecule has 0 saturated carbocycles. The molecule has 6 nitrogen and oxygen atoms in total. The lowest BCUT2D eigenvalue weighted by Crippen LogP contribution is -2.36. The maximum Gasteiger partial charge on any atom is 0.228 e. The highest BCUT2D eigenvalue weighted by Crippen LogP contribution is 2.23. The maximum absolute atomic E-state index is 12.5. The fourth-order valence-corrected chi connectivity index (χ4v) is 3.61. The molecule has 0 aromatic carbocycles. The largest absolute Gasteiger partial charge is 0.310 e. The Morgan fingerprint density at radius 3 is 2.88 bits per heavy atom. The van der Waals surface area contributed by atoms with Gasteiger partial charge in [-0.2, -0.15) is 0 Å². The van der Waals surface area contributed by atoms with E-state index in [1.54, 1.807) is 6.20 Å². The van der Waals surface area contributed by atoms with Crippen LogP contribution < -0.4 is 5.32 Å². The summed E-state index contributed by atoms with van der Waals surface area (Å²) < 4.78 is 4.12. The number of carbonyl (C=O) groups is 1. The van der Waals surface area contributed by atoms with Crippen LogP contribution in [-0.4, -0.2) is 45.3 Å². The standard InChI is InChI=1S/C18H19N5OS/c1-23-6-4-12(5-7-23)18(24)22-17-8-16-13(9-19-17)2-3-15(21-16)14-10-20-25-11-14/h2-3,8-12H,4-7H2,1H3,(H,19,22,24). The van der Waals surface area contributed by atoms with Gasteiger partial charge in [-0.1, -0.05) is 0 Å². The number of carbonyl (C=O) groups excluding carboxylic acids is 1. The Balaban J connectivity index is 1.54. The second kappa shape index (κ2) is 6.85. The molecular weight excluding hydrogens is 334 g/mol. The van der Waals surface area contributed by atoms with E-state index in [1.165, 1.54) is 11.5 Å². The van der Waals surface area contributed by atoms with Gasteiger partial charge in [0.05, 0.1) is 17.4 Å². The minimum absolute atomic E-state index is 0.0538. The number of likely N-dealkylation sites (tertiary alicyclic amines) is 1. The SMILES string of the molecule is CN1CCC(C(=O)Nc2cc3nc(-c4cnsc4)ccc3cn2)CC1. The van der Waals surface area contributed by atoms with Gasteiger partial charge >= 0.3 is 0 Å². The molecule has 1 saturated heterocycles. The van der Waals surface area contributed by atoms with Crippen LogP contribution in [0.15, 0.2) is 36.0 Å². The summed E-state index contributed by atoms with van der Waals surface area (Å²) in [4.78, 5) is 23.8. The Kier molecular flexibility index (Phi) is 4.42. The lowest BCUT2D eigenvalue weighted by Gasteiger charge is -2.27. The van der Waals surface area contributed by atoms with Gasteiger partial charge in [0.15, 0.2) is 0 Å². The number of nitrogens with zero attached hydrogens (tertiary/aromatic N) is 4. The highest BCUT2D eigenvalue weighted by Gasteiger charge is 2.23. The molecule has 25 heavy (non-hydrogen) atoms. The summed E-state index contributed by atoms with van der Waals surface area (Å²) in [5.41, 5.74) is 2.69. The highest BCUT2D eigenvalue weighted by molar-refractivity contribution is 7.03. The van der Waals surface area contributed by atoms with E-state index in [0.717, 1.165) is 48.1 Å². The average molecular weight is 353 g/mol. The number of anilines is 1. The van der Waals surface area contributed by atoms with Gasteiger partial charge < -0.3 is 10.2 Å². The summed E-state index contributed by atoms with van der Waals surface area (Å²) in [7, 11) is 2.09. The van der Waals surface area contributed by atoms with E-state index in [1.807, 2.05) is 29.8 Å². The van der Waals surface area contributed by atoms with Crippen LogP contribution in [0.1, 0.15) is 12.8 Å². The summed E-state index contributed by atoms with van der Waals surface area (Å²) >= 11 is 1.40. The molecule has 3 aromatic rings. The highest BCUT2D eigenvalue weighted by atomic mass is 32.1. The van der Waals surface area contributed by atoms with E-state index >= 15 is 0 Å². The average Bonchev–Trinajstić information content (AvgIpc) is 3.16. The first-order valence-corrected chi connectivity index (χ1v) is 9.19. The summed E-state index contributed by atoms with van der Waals surface area (Å²) in [5.74, 6) is 0.674. The van der Waals surface area contributed by atoms with Crippen LogP contribution in [0, 0.1) is 5.92 Å². The van der Waals surface area contributed by atoms with Crippen molar-refractivity contribution in [2.45, 2.75) is 12.8 Å². The molecule has 1 N–H and O–H groups in total. The molecule has 0 radical (unpaired) electrons. The first-order valence-electron chi connectivity index (χ1n) is 8.35. The molecule has 128 valence electrons. The Hall–Kier alpha value is -2.38. The predicted octanol–water partition coefficient (Wildman–Crippen LogP) is 3.03. The predicted molar refractivity (Wildman–Crippen MR) is 99.5 cm³/mol. The summed E-state index contributed by atoms with van der Waals surface area (Å²) in [6, 6.07) is 5.79. The quantitative estimate of drug-likeness (QED) is 0.784. The molecular formula is C18H19N5OS. The van der Waals surface area contributed by atoms with Crippen molar-refractivity contribution in [3.63, 3.8) is 0 Å². The molecule has 1 fully saturated rings. The number of nitrogens with one attached hydrogen (secondary N) is 1. The molecule has 0 aliphatic carbocycles. The van der Waals surface area contributed by atoms with Crippen molar-refractivity contribution >= 4 is 34.2 Å². The van der Waals surface area contributed by atoms with Gasteiger partial charge in [0.1, 0.15) is 5.82 Å². The van der Waals surface area contributed by atoms with Crippen molar-refractivity contribution in [2.24, 2.45) is 5.92 Å². The number of pyridine rings is 2. The van der Waals surface area contributed by atoms with Crippen LogP contribution in [0.2, 0.25) is 0 Å². The van der Waals surface area contributed by atoms with Gasteiger partial charge in [0, 0.05) is 34.5 Å². The minimum atomic E-state index is 0.0538. The number of hydrogen-bond donors (Lipinski definition) is 1. The lowest BCUT2D eigenvalue weighted by molar-refractivity contribution is -0.121. The first-order chi connectivity index (χ1) is 12.2. The summed E-state index contributed by atoms with van der Waals surface area (Å²) in [5, 5.41) is 5.87. The molecule has 7 heteroatoms. The second-order valence-electron chi connectivity index (χ2n) is 6.44. The number of fused-ring (bicyclic) bond motifs is 1. The van der Waals surface area contributed by atoms with E-state index in [4.69, 9.17) is 0 Å². The van der Waals surface area contributed by atoms with Crippen LogP contribution in [0.25, 0.3) is 22.2 Å². The Labute approximate surface area is 150 Å². The third-order valence-electron chi connectivity index (χ3n) is 4.64. The molecule has 1 aliphatic rings. The Bertz CT molecular complexity index is 888. The van der Waals surface area contributed by atoms with Gasteiger partial charge in [-0.15, -0.1) is 0 Å². The minimum Gasteiger partial charge on any atom is -0.310 e. The van der Waals surface area contributed by atoms with Gasteiger partial charge in [0.2, 0.25) is 5.91 Å². The molecule has 0 spiro atoms. The molecule has 0 atom stereocenters. The molecule has 1 amide bonds. The maximum atomic E-state index is 12.5. The normalized spacial score (nSPS) is 16.2. The summed E-state index contributed by atoms with van der Waals surface area (Å²) in [6.07, 6.45) is 5.35. The third kappa shape index (κ3) is 3.52. The number of hydrogen-bond acceptors (Lipinski definition) is 6. The Morgan fingerprint density at radius 1 is 1.28 bits per heavy atom. The van der Waals surface area contributed by atoms with Crippen molar-refractivity contribution in [1.29, 1.82) is 0 Å². The zero-order valence-electron chi connectivity index (χ0n) is 14.0. The van der Waals surface area contributed by atoms with Crippen molar-refractivity contribution in [1.82, 2.24) is 19.2 Å². The molecule has 0 unspecified atom stereocenters. The molecule has 4 rings (SSSR count). The van der Waals surface area contributed by atoms with E-state index in [2.05, 4.69) is 31.6 Å². The van der Waals surface area contributed by atoms with Crippen molar-refractivity contribution in [2.75, 3.05) is 25.5 Å². The molecule has 4 heterocycles. The van der Waals surface area contributed by atoms with Crippen LogP contribution in [-0.2, 0) is 4.79 Å². The molecule has 3 aromatic heterocycles. The topological polar surface area (TPSA) is 71.0 Å². The molecule has 0 bridgehead atoms. The van der Waals surface area contributed by atoms with E-state index < -0.39 is 0 Å². The van der Waals surface area contributed by atoms with Crippen LogP contribution in [0.3, 0.4) is 0 Å². The van der Waals surface area contributed by atoms with Crippen LogP contribution in [0.5, 0.6) is 0 Å². The van der Waals surface area contributed by atoms with E-state index in [-0.39, 0.29) is 11.8 Å². The van der Waals surface area contributed by atoms with Crippen molar-refractivity contribution in [3.05, 3.63) is 36.0 Å². The fraction of sp³-hybridized carbons (Fsp3) is 0.333. The smallest absolute Gasteiger partial charge is 0.228 e. The van der Waals surface area contributed by atoms with Crippen molar-refractivity contribution < 1.29 is 4.79 Å². The zero-order chi connectivity index (χ0) is 17.2. The number of rotatable bonds is 3. The fourth-order valence-electron chi connectivity index (χ4n) is 3.08. The van der Waals surface area contributed by atoms with E-state index in [9.17, 15) is 4.79 Å². The van der Waals surface area contributed by atoms with E-state index in [0.29, 0.717) is 5.82 Å². The Morgan fingerprint density at radius 2 is 2.12 bits per heavy atom. The number of piperidine rings is 1. The van der Waals surface area contributed by atoms with Gasteiger partial charge in [-0.25, -0.2) is 14.3 Å². The first kappa shape index (κ1) is 16.1. The van der Waals surface area contributed by atoms with Gasteiger partial charge in [-0.05, 0) is 56.6 Å². The van der Waals surface area contributed by atoms with Crippen LogP contribution >= 0.6 is 11.5 Å². The third-order valence-corrected chi connectivity index (χ3v) is 5.23. The van der Waals surface area contributed by atoms with Crippen LogP contribution in [0.4, 0.5) is 5.82 Å². The van der Waals surface area contributed by atoms with Crippen molar-refractivity contribution in [3.8, 4) is 11.3 Å².